The molecule has 0 radical (unpaired) electrons. The minimum absolute atomic E-state index is 0.440. The molecule has 2 rings (SSSR count). The molecule has 3 nitrogen and oxygen atoms in total. The Morgan fingerprint density at radius 1 is 1.35 bits per heavy atom. The second-order valence-electron chi connectivity index (χ2n) is 5.00. The van der Waals surface area contributed by atoms with Crippen molar-refractivity contribution < 1.29 is 9.47 Å². The number of hydrogen-bond acceptors (Lipinski definition) is 3. The van der Waals surface area contributed by atoms with Crippen molar-refractivity contribution in [2.45, 2.75) is 57.6 Å². The van der Waals surface area contributed by atoms with Crippen LogP contribution in [0.1, 0.15) is 45.4 Å². The molecular formula is C14H25NO2. The Kier molecular flexibility index (Phi) is 5.33. The van der Waals surface area contributed by atoms with Gasteiger partial charge >= 0.3 is 0 Å². The molecule has 2 aliphatic rings. The molecule has 0 aromatic heterocycles. The van der Waals surface area contributed by atoms with E-state index in [1.807, 2.05) is 6.26 Å². The Morgan fingerprint density at radius 2 is 2.29 bits per heavy atom. The molecule has 98 valence electrons. The van der Waals surface area contributed by atoms with Gasteiger partial charge in [-0.3, -0.25) is 0 Å². The minimum atomic E-state index is 0.440. The van der Waals surface area contributed by atoms with Crippen LogP contribution in [0.4, 0.5) is 0 Å². The number of rotatable bonds is 5. The maximum Gasteiger partial charge on any atom is 0.0876 e. The van der Waals surface area contributed by atoms with Gasteiger partial charge in [0.25, 0.3) is 0 Å². The predicted molar refractivity (Wildman–Crippen MR) is 68.9 cm³/mol. The molecule has 1 saturated heterocycles. The van der Waals surface area contributed by atoms with Crippen LogP contribution in [0, 0.1) is 0 Å². The molecule has 17 heavy (non-hydrogen) atoms. The van der Waals surface area contributed by atoms with E-state index in [9.17, 15) is 0 Å². The van der Waals surface area contributed by atoms with Gasteiger partial charge in [0.15, 0.2) is 0 Å². The van der Waals surface area contributed by atoms with Gasteiger partial charge in [0.05, 0.1) is 19.0 Å². The van der Waals surface area contributed by atoms with Crippen LogP contribution in [-0.2, 0) is 9.47 Å². The average molecular weight is 239 g/mol. The van der Waals surface area contributed by atoms with E-state index >= 15 is 0 Å². The summed E-state index contributed by atoms with van der Waals surface area (Å²) in [6, 6.07) is 0.448. The van der Waals surface area contributed by atoms with Crippen LogP contribution in [-0.4, -0.2) is 31.9 Å². The number of nitrogens with one attached hydrogen (secondary N) is 1. The highest BCUT2D eigenvalue weighted by Gasteiger charge is 2.22. The summed E-state index contributed by atoms with van der Waals surface area (Å²) >= 11 is 0. The second kappa shape index (κ2) is 7.02. The largest absolute Gasteiger partial charge is 0.501 e. The first kappa shape index (κ1) is 12.9. The van der Waals surface area contributed by atoms with Gasteiger partial charge in [-0.05, 0) is 50.6 Å². The van der Waals surface area contributed by atoms with Crippen molar-refractivity contribution in [1.29, 1.82) is 0 Å². The second-order valence-corrected chi connectivity index (χ2v) is 5.00. The summed E-state index contributed by atoms with van der Waals surface area (Å²) in [5.41, 5.74) is 1.42. The quantitative estimate of drug-likeness (QED) is 0.800. The molecule has 0 saturated carbocycles. The number of likely N-dealkylation sites (N-methyl/N-ethyl adjacent to an activating group) is 1. The Hall–Kier alpha value is -0.540. The average Bonchev–Trinajstić information content (AvgIpc) is 2.40. The lowest BCUT2D eigenvalue weighted by Crippen LogP contribution is -2.36. The molecule has 2 heterocycles. The van der Waals surface area contributed by atoms with E-state index in [-0.39, 0.29) is 0 Å². The van der Waals surface area contributed by atoms with Crippen LogP contribution in [0.25, 0.3) is 0 Å². The van der Waals surface area contributed by atoms with Gasteiger partial charge in [-0.2, -0.15) is 0 Å². The molecule has 0 bridgehead atoms. The van der Waals surface area contributed by atoms with E-state index in [0.29, 0.717) is 12.1 Å². The van der Waals surface area contributed by atoms with E-state index in [4.69, 9.17) is 9.47 Å². The molecule has 0 aliphatic carbocycles. The summed E-state index contributed by atoms with van der Waals surface area (Å²) in [5, 5.41) is 3.57. The Bertz CT molecular complexity index is 247. The summed E-state index contributed by atoms with van der Waals surface area (Å²) in [7, 11) is 0. The zero-order valence-electron chi connectivity index (χ0n) is 10.9. The molecule has 0 aromatic rings. The molecule has 2 atom stereocenters. The van der Waals surface area contributed by atoms with Crippen LogP contribution >= 0.6 is 0 Å². The van der Waals surface area contributed by atoms with E-state index < -0.39 is 0 Å². The van der Waals surface area contributed by atoms with Gasteiger partial charge in [0.2, 0.25) is 0 Å². The fourth-order valence-corrected chi connectivity index (χ4v) is 2.71. The highest BCUT2D eigenvalue weighted by atomic mass is 16.5. The molecule has 0 aromatic carbocycles. The van der Waals surface area contributed by atoms with E-state index in [2.05, 4.69) is 12.2 Å². The van der Waals surface area contributed by atoms with Crippen LogP contribution < -0.4 is 5.32 Å². The van der Waals surface area contributed by atoms with Crippen LogP contribution in [0.15, 0.2) is 11.8 Å². The van der Waals surface area contributed by atoms with E-state index in [0.717, 1.165) is 32.6 Å². The normalized spacial score (nSPS) is 27.1. The fraction of sp³-hybridized carbons (Fsp3) is 0.857. The van der Waals surface area contributed by atoms with Gasteiger partial charge in [0.1, 0.15) is 0 Å². The van der Waals surface area contributed by atoms with E-state index in [1.54, 1.807) is 0 Å². The Labute approximate surface area is 105 Å². The molecule has 2 aliphatic heterocycles. The summed E-state index contributed by atoms with van der Waals surface area (Å²) in [6.45, 7) is 5.00. The van der Waals surface area contributed by atoms with Crippen LogP contribution in [0.3, 0.4) is 0 Å². The maximum atomic E-state index is 5.84. The molecule has 3 heteroatoms. The van der Waals surface area contributed by atoms with Gasteiger partial charge in [-0.15, -0.1) is 0 Å². The third kappa shape index (κ3) is 4.00. The van der Waals surface area contributed by atoms with Gasteiger partial charge in [-0.1, -0.05) is 6.92 Å². The Morgan fingerprint density at radius 3 is 2.94 bits per heavy atom. The first-order valence-electron chi connectivity index (χ1n) is 7.05. The van der Waals surface area contributed by atoms with Crippen molar-refractivity contribution in [2.75, 3.05) is 19.8 Å². The highest BCUT2D eigenvalue weighted by Crippen LogP contribution is 2.23. The molecule has 0 amide bonds. The standard InChI is InChI=1S/C14H25NO2/c1-2-15-14(12-6-5-8-16-11-12)10-13-7-3-4-9-17-13/h11,13-15H,2-10H2,1H3. The van der Waals surface area contributed by atoms with Crippen LogP contribution in [0.5, 0.6) is 0 Å². The van der Waals surface area contributed by atoms with Crippen molar-refractivity contribution in [2.24, 2.45) is 0 Å². The Balaban J connectivity index is 1.88. The third-order valence-corrected chi connectivity index (χ3v) is 3.63. The number of ether oxygens (including phenoxy) is 2. The third-order valence-electron chi connectivity index (χ3n) is 3.63. The summed E-state index contributed by atoms with van der Waals surface area (Å²) in [4.78, 5) is 0. The first-order chi connectivity index (χ1) is 8.40. The van der Waals surface area contributed by atoms with E-state index in [1.165, 1.54) is 31.3 Å². The zero-order valence-corrected chi connectivity index (χ0v) is 10.9. The monoisotopic (exact) mass is 239 g/mol. The van der Waals surface area contributed by atoms with Crippen molar-refractivity contribution >= 4 is 0 Å². The fourth-order valence-electron chi connectivity index (χ4n) is 2.71. The van der Waals surface area contributed by atoms with Gasteiger partial charge in [0, 0.05) is 12.6 Å². The minimum Gasteiger partial charge on any atom is -0.501 e. The molecule has 1 fully saturated rings. The number of hydrogen-bond donors (Lipinski definition) is 1. The zero-order chi connectivity index (χ0) is 11.9. The molecule has 1 N–H and O–H groups in total. The van der Waals surface area contributed by atoms with Crippen molar-refractivity contribution in [1.82, 2.24) is 5.32 Å². The lowest BCUT2D eigenvalue weighted by Gasteiger charge is -2.30. The molecular weight excluding hydrogens is 214 g/mol. The topological polar surface area (TPSA) is 30.5 Å². The lowest BCUT2D eigenvalue weighted by atomic mass is 9.94. The maximum absolute atomic E-state index is 5.84. The van der Waals surface area contributed by atoms with Crippen molar-refractivity contribution in [3.63, 3.8) is 0 Å². The molecule has 2 unspecified atom stereocenters. The predicted octanol–water partition coefficient (Wildman–Crippen LogP) is 2.62. The van der Waals surface area contributed by atoms with Gasteiger partial charge in [-0.25, -0.2) is 0 Å². The van der Waals surface area contributed by atoms with Gasteiger partial charge < -0.3 is 14.8 Å². The lowest BCUT2D eigenvalue weighted by molar-refractivity contribution is 0.00676. The highest BCUT2D eigenvalue weighted by molar-refractivity contribution is 5.10. The summed E-state index contributed by atoms with van der Waals surface area (Å²) in [5.74, 6) is 0. The van der Waals surface area contributed by atoms with Crippen molar-refractivity contribution in [3.8, 4) is 0 Å². The van der Waals surface area contributed by atoms with Crippen LogP contribution in [0.2, 0.25) is 0 Å². The SMILES string of the molecule is CCNC(CC1CCCCO1)C1=COCCC1. The van der Waals surface area contributed by atoms with Crippen molar-refractivity contribution in [3.05, 3.63) is 11.8 Å². The summed E-state index contributed by atoms with van der Waals surface area (Å²) in [6.07, 6.45) is 9.60. The molecule has 0 spiro atoms. The first-order valence-corrected chi connectivity index (χ1v) is 7.05. The summed E-state index contributed by atoms with van der Waals surface area (Å²) < 4.78 is 11.3. The smallest absolute Gasteiger partial charge is 0.0876 e.